The van der Waals surface area contributed by atoms with Crippen LogP contribution in [0.1, 0.15) is 43.6 Å². The molecule has 0 atom stereocenters. The molecule has 0 saturated heterocycles. The number of aliphatic carboxylic acids is 1. The van der Waals surface area contributed by atoms with E-state index in [-0.39, 0.29) is 29.1 Å². The van der Waals surface area contributed by atoms with Gasteiger partial charge in [0, 0.05) is 12.0 Å². The van der Waals surface area contributed by atoms with Crippen LogP contribution in [0.4, 0.5) is 24.9 Å². The normalized spacial score (nSPS) is 18.5. The molecule has 0 spiro atoms. The number of benzene rings is 2. The van der Waals surface area contributed by atoms with Crippen LogP contribution in [-0.2, 0) is 4.79 Å². The summed E-state index contributed by atoms with van der Waals surface area (Å²) in [6, 6.07) is 10.6. The Kier molecular flexibility index (Phi) is 6.93. The number of carbonyl (C=O) groups is 1. The van der Waals surface area contributed by atoms with Crippen molar-refractivity contribution in [3.8, 4) is 11.3 Å². The van der Waals surface area contributed by atoms with Gasteiger partial charge in [0.1, 0.15) is 5.82 Å². The lowest BCUT2D eigenvalue weighted by molar-refractivity contribution is -0.138. The largest absolute Gasteiger partial charge is 0.481 e. The highest BCUT2D eigenvalue weighted by Crippen LogP contribution is 2.38. The summed E-state index contributed by atoms with van der Waals surface area (Å²) in [7, 11) is 0. The molecule has 0 unspecified atom stereocenters. The number of aromatic nitrogens is 1. The summed E-state index contributed by atoms with van der Waals surface area (Å²) in [5, 5.41) is 8.79. The van der Waals surface area contributed by atoms with E-state index in [0.29, 0.717) is 22.1 Å². The van der Waals surface area contributed by atoms with Crippen LogP contribution < -0.4 is 4.90 Å². The maximum absolute atomic E-state index is 13.8. The van der Waals surface area contributed by atoms with Gasteiger partial charge < -0.3 is 9.52 Å². The number of carboxylic acid groups (broad SMARTS) is 1. The zero-order valence-corrected chi connectivity index (χ0v) is 18.3. The Labute approximate surface area is 193 Å². The molecular weight excluding hydrogens is 457 g/mol. The first-order chi connectivity index (χ1) is 15.8. The second-order valence-electron chi connectivity index (χ2n) is 8.19. The zero-order valence-electron chi connectivity index (χ0n) is 17.6. The van der Waals surface area contributed by atoms with Gasteiger partial charge in [0.05, 0.1) is 16.9 Å². The van der Waals surface area contributed by atoms with Crippen molar-refractivity contribution in [3.05, 3.63) is 65.1 Å². The van der Waals surface area contributed by atoms with Crippen LogP contribution in [0, 0.1) is 11.7 Å². The molecular formula is C24H22ClF3N2O3. The first-order valence-electron chi connectivity index (χ1n) is 10.6. The molecule has 3 aromatic rings. The smallest absolute Gasteiger partial charge is 0.322 e. The van der Waals surface area contributed by atoms with E-state index in [9.17, 15) is 18.0 Å². The van der Waals surface area contributed by atoms with Crippen LogP contribution in [0.25, 0.3) is 11.3 Å². The van der Waals surface area contributed by atoms with Gasteiger partial charge in [-0.2, -0.15) is 8.78 Å². The topological polar surface area (TPSA) is 66.6 Å². The number of rotatable bonds is 7. The number of hydrogen-bond acceptors (Lipinski definition) is 4. The van der Waals surface area contributed by atoms with Gasteiger partial charge in [-0.1, -0.05) is 35.9 Å². The number of hydrogen-bond donors (Lipinski definition) is 1. The Hall–Kier alpha value is -3.00. The van der Waals surface area contributed by atoms with Crippen molar-refractivity contribution >= 4 is 29.3 Å². The maximum atomic E-state index is 13.8. The molecule has 1 aromatic heterocycles. The minimum absolute atomic E-state index is 0.130. The SMILES string of the molecule is O=C(O)CC1CCC(c2ccc(-c3cnc(N(c4ccc(Cl)c(F)c4)C(F)F)o3)cc2)CC1. The Bertz CT molecular complexity index is 1110. The Balaban J connectivity index is 1.48. The second kappa shape index (κ2) is 9.87. The van der Waals surface area contributed by atoms with E-state index in [1.807, 2.05) is 24.3 Å². The van der Waals surface area contributed by atoms with E-state index < -0.39 is 18.3 Å². The summed E-state index contributed by atoms with van der Waals surface area (Å²) >= 11 is 5.65. The Morgan fingerprint density at radius 2 is 1.85 bits per heavy atom. The molecule has 1 N–H and O–H groups in total. The molecule has 0 bridgehead atoms. The summed E-state index contributed by atoms with van der Waals surface area (Å²) in [5.74, 6) is -0.664. The van der Waals surface area contributed by atoms with Gasteiger partial charge in [0.25, 0.3) is 0 Å². The summed E-state index contributed by atoms with van der Waals surface area (Å²) in [6.45, 7) is -3.00. The van der Waals surface area contributed by atoms with Crippen LogP contribution in [0.3, 0.4) is 0 Å². The first kappa shape index (κ1) is 23.2. The quantitative estimate of drug-likeness (QED) is 0.362. The predicted molar refractivity (Wildman–Crippen MR) is 118 cm³/mol. The fourth-order valence-electron chi connectivity index (χ4n) is 4.32. The molecule has 1 aliphatic carbocycles. The van der Waals surface area contributed by atoms with Crippen molar-refractivity contribution in [2.45, 2.75) is 44.6 Å². The van der Waals surface area contributed by atoms with E-state index in [0.717, 1.165) is 37.3 Å². The van der Waals surface area contributed by atoms with Crippen molar-refractivity contribution < 1.29 is 27.5 Å². The highest BCUT2D eigenvalue weighted by atomic mass is 35.5. The van der Waals surface area contributed by atoms with Gasteiger partial charge in [-0.05, 0) is 61.3 Å². The van der Waals surface area contributed by atoms with Crippen LogP contribution in [0.15, 0.2) is 53.1 Å². The summed E-state index contributed by atoms with van der Waals surface area (Å²) < 4.78 is 46.8. The molecule has 1 saturated carbocycles. The molecule has 0 amide bonds. The molecule has 0 radical (unpaired) electrons. The van der Waals surface area contributed by atoms with E-state index in [2.05, 4.69) is 4.98 Å². The van der Waals surface area contributed by atoms with Gasteiger partial charge in [-0.25, -0.2) is 14.3 Å². The maximum Gasteiger partial charge on any atom is 0.322 e. The summed E-state index contributed by atoms with van der Waals surface area (Å²) in [6.07, 6.45) is 5.22. The van der Waals surface area contributed by atoms with Crippen molar-refractivity contribution in [1.82, 2.24) is 4.98 Å². The van der Waals surface area contributed by atoms with E-state index in [1.165, 1.54) is 18.3 Å². The third-order valence-electron chi connectivity index (χ3n) is 6.05. The average Bonchev–Trinajstić information content (AvgIpc) is 3.26. The number of oxazole rings is 1. The highest BCUT2D eigenvalue weighted by molar-refractivity contribution is 6.30. The van der Waals surface area contributed by atoms with Gasteiger partial charge in [-0.3, -0.25) is 4.79 Å². The molecule has 1 aliphatic rings. The monoisotopic (exact) mass is 478 g/mol. The van der Waals surface area contributed by atoms with E-state index in [1.54, 1.807) is 0 Å². The molecule has 174 valence electrons. The minimum Gasteiger partial charge on any atom is -0.481 e. The van der Waals surface area contributed by atoms with Gasteiger partial charge in [0.15, 0.2) is 5.76 Å². The average molecular weight is 479 g/mol. The molecule has 0 aliphatic heterocycles. The lowest BCUT2D eigenvalue weighted by Crippen LogP contribution is -2.23. The first-order valence-corrected chi connectivity index (χ1v) is 11.0. The number of anilines is 2. The van der Waals surface area contributed by atoms with Gasteiger partial charge in [0.2, 0.25) is 0 Å². The number of halogens is 4. The molecule has 5 nitrogen and oxygen atoms in total. The van der Waals surface area contributed by atoms with Crippen molar-refractivity contribution in [2.75, 3.05) is 4.90 Å². The molecule has 33 heavy (non-hydrogen) atoms. The molecule has 2 aromatic carbocycles. The number of alkyl halides is 2. The number of carboxylic acids is 1. The second-order valence-corrected chi connectivity index (χ2v) is 8.60. The molecule has 4 rings (SSSR count). The standard InChI is InChI=1S/C24H22ClF3N2O3/c25-19-10-9-18(12-20(19)26)30(23(27)28)24-29-13-21(33-24)17-7-5-16(6-8-17)15-3-1-14(2-4-15)11-22(31)32/h5-10,12-15,23H,1-4,11H2,(H,31,32). The minimum atomic E-state index is -3.00. The summed E-state index contributed by atoms with van der Waals surface area (Å²) in [4.78, 5) is 15.4. The van der Waals surface area contributed by atoms with Crippen molar-refractivity contribution in [2.24, 2.45) is 5.92 Å². The van der Waals surface area contributed by atoms with Crippen molar-refractivity contribution in [3.63, 3.8) is 0 Å². The zero-order chi connectivity index (χ0) is 23.5. The van der Waals surface area contributed by atoms with Crippen LogP contribution >= 0.6 is 11.6 Å². The lowest BCUT2D eigenvalue weighted by Gasteiger charge is -2.28. The Morgan fingerprint density at radius 1 is 1.15 bits per heavy atom. The van der Waals surface area contributed by atoms with Crippen LogP contribution in [0.2, 0.25) is 5.02 Å². The number of nitrogens with zero attached hydrogens (tertiary/aromatic N) is 2. The van der Waals surface area contributed by atoms with Crippen LogP contribution in [0.5, 0.6) is 0 Å². The summed E-state index contributed by atoms with van der Waals surface area (Å²) in [5.41, 5.74) is 1.70. The van der Waals surface area contributed by atoms with Gasteiger partial charge >= 0.3 is 18.5 Å². The third kappa shape index (κ3) is 5.33. The molecule has 1 fully saturated rings. The van der Waals surface area contributed by atoms with E-state index >= 15 is 0 Å². The van der Waals surface area contributed by atoms with Gasteiger partial charge in [-0.15, -0.1) is 0 Å². The molecule has 9 heteroatoms. The highest BCUT2D eigenvalue weighted by Gasteiger charge is 2.26. The van der Waals surface area contributed by atoms with Crippen molar-refractivity contribution in [1.29, 1.82) is 0 Å². The Morgan fingerprint density at radius 3 is 2.45 bits per heavy atom. The molecule has 1 heterocycles. The predicted octanol–water partition coefficient (Wildman–Crippen LogP) is 7.24. The fourth-order valence-corrected chi connectivity index (χ4v) is 4.44. The fraction of sp³-hybridized carbons (Fsp3) is 0.333. The lowest BCUT2D eigenvalue weighted by atomic mass is 9.77. The van der Waals surface area contributed by atoms with Crippen LogP contribution in [-0.4, -0.2) is 22.6 Å². The third-order valence-corrected chi connectivity index (χ3v) is 6.36. The van der Waals surface area contributed by atoms with E-state index in [4.69, 9.17) is 21.1 Å².